The number of benzene rings is 1. The van der Waals surface area contributed by atoms with E-state index in [4.69, 9.17) is 23.2 Å². The van der Waals surface area contributed by atoms with Crippen LogP contribution in [0.4, 0.5) is 0 Å². The summed E-state index contributed by atoms with van der Waals surface area (Å²) in [6, 6.07) is 2.91. The van der Waals surface area contributed by atoms with Gasteiger partial charge in [-0.05, 0) is 24.6 Å². The maximum absolute atomic E-state index is 10.8. The van der Waals surface area contributed by atoms with Crippen LogP contribution in [0.25, 0.3) is 0 Å². The molecule has 0 fully saturated rings. The molecule has 0 saturated carbocycles. The maximum Gasteiger partial charge on any atom is 0.197 e. The van der Waals surface area contributed by atoms with Crippen molar-refractivity contribution in [2.45, 2.75) is 6.92 Å². The zero-order valence-electron chi connectivity index (χ0n) is 5.32. The first-order valence-corrected chi connectivity index (χ1v) is 3.50. The Morgan fingerprint density at radius 1 is 1.30 bits per heavy atom. The van der Waals surface area contributed by atoms with Crippen molar-refractivity contribution in [3.63, 3.8) is 0 Å². The maximum atomic E-state index is 10.8. The van der Waals surface area contributed by atoms with Crippen LogP contribution in [-0.2, 0) is 5.11 Å². The largest absolute Gasteiger partial charge is 0.288 e. The predicted molar refractivity (Wildman–Crippen MR) is 41.3 cm³/mol. The van der Waals surface area contributed by atoms with Gasteiger partial charge in [0.1, 0.15) is 0 Å². The SMILES string of the molecule is Cc1c(Cl)ccc([O])c1Cl. The molecule has 1 radical (unpaired) electrons. The molecule has 0 amide bonds. The second-order valence-corrected chi connectivity index (χ2v) is 2.77. The van der Waals surface area contributed by atoms with Crippen LogP contribution in [0, 0.1) is 6.92 Å². The fraction of sp³-hybridized carbons (Fsp3) is 0.143. The molecule has 0 unspecified atom stereocenters. The first kappa shape index (κ1) is 7.70. The van der Waals surface area contributed by atoms with E-state index in [2.05, 4.69) is 0 Å². The molecule has 53 valence electrons. The molecule has 10 heavy (non-hydrogen) atoms. The van der Waals surface area contributed by atoms with Crippen molar-refractivity contribution in [1.29, 1.82) is 0 Å². The Kier molecular flexibility index (Phi) is 2.07. The summed E-state index contributed by atoms with van der Waals surface area (Å²) in [5.41, 5.74) is 0.649. The third-order valence-corrected chi connectivity index (χ3v) is 2.16. The van der Waals surface area contributed by atoms with Gasteiger partial charge in [-0.2, -0.15) is 0 Å². The van der Waals surface area contributed by atoms with Gasteiger partial charge in [-0.1, -0.05) is 23.2 Å². The van der Waals surface area contributed by atoms with Gasteiger partial charge >= 0.3 is 0 Å². The quantitative estimate of drug-likeness (QED) is 0.576. The van der Waals surface area contributed by atoms with E-state index < -0.39 is 0 Å². The summed E-state index contributed by atoms with van der Waals surface area (Å²) in [6.07, 6.45) is 0. The summed E-state index contributed by atoms with van der Waals surface area (Å²) in [4.78, 5) is 0. The summed E-state index contributed by atoms with van der Waals surface area (Å²) in [6.45, 7) is 1.71. The molecule has 0 heterocycles. The van der Waals surface area contributed by atoms with E-state index >= 15 is 0 Å². The normalized spacial score (nSPS) is 9.90. The van der Waals surface area contributed by atoms with Crippen molar-refractivity contribution in [3.8, 4) is 5.75 Å². The Hall–Kier alpha value is -0.400. The molecular weight excluding hydrogens is 171 g/mol. The lowest BCUT2D eigenvalue weighted by Gasteiger charge is -1.99. The van der Waals surface area contributed by atoms with Gasteiger partial charge in [0.2, 0.25) is 0 Å². The molecule has 1 rings (SSSR count). The number of hydrogen-bond donors (Lipinski definition) is 0. The van der Waals surface area contributed by atoms with Crippen LogP contribution in [0.1, 0.15) is 5.56 Å². The fourth-order valence-corrected chi connectivity index (χ4v) is 1.01. The zero-order valence-corrected chi connectivity index (χ0v) is 6.83. The first-order valence-electron chi connectivity index (χ1n) is 2.74. The minimum absolute atomic E-state index is 0.177. The van der Waals surface area contributed by atoms with E-state index in [0.29, 0.717) is 10.6 Å². The van der Waals surface area contributed by atoms with E-state index in [0.717, 1.165) is 0 Å². The molecular formula is C7H5Cl2O. The van der Waals surface area contributed by atoms with E-state index in [9.17, 15) is 5.11 Å². The van der Waals surface area contributed by atoms with Crippen LogP contribution in [0.2, 0.25) is 10.0 Å². The lowest BCUT2D eigenvalue weighted by Crippen LogP contribution is -1.76. The predicted octanol–water partition coefficient (Wildman–Crippen LogP) is 3.45. The standard InChI is InChI=1S/C7H5Cl2O/c1-4-5(8)2-3-6(10)7(4)9/h2-3H,1H3. The zero-order chi connectivity index (χ0) is 7.72. The van der Waals surface area contributed by atoms with Crippen molar-refractivity contribution in [2.24, 2.45) is 0 Å². The smallest absolute Gasteiger partial charge is 0.197 e. The summed E-state index contributed by atoms with van der Waals surface area (Å²) in [7, 11) is 0. The van der Waals surface area contributed by atoms with Crippen LogP contribution in [0.15, 0.2) is 12.1 Å². The van der Waals surface area contributed by atoms with Gasteiger partial charge in [0.15, 0.2) is 5.75 Å². The third kappa shape index (κ3) is 1.20. The van der Waals surface area contributed by atoms with Crippen LogP contribution in [-0.4, -0.2) is 0 Å². The molecule has 0 aliphatic heterocycles. The van der Waals surface area contributed by atoms with Crippen LogP contribution in [0.5, 0.6) is 5.75 Å². The van der Waals surface area contributed by atoms with Crippen molar-refractivity contribution in [2.75, 3.05) is 0 Å². The first-order chi connectivity index (χ1) is 4.63. The number of halogens is 2. The Morgan fingerprint density at radius 2 is 1.90 bits per heavy atom. The molecule has 0 aliphatic rings. The lowest BCUT2D eigenvalue weighted by atomic mass is 10.2. The molecule has 1 aromatic rings. The molecule has 0 spiro atoms. The van der Waals surface area contributed by atoms with Gasteiger partial charge in [0, 0.05) is 5.02 Å². The van der Waals surface area contributed by atoms with Crippen molar-refractivity contribution in [1.82, 2.24) is 0 Å². The monoisotopic (exact) mass is 175 g/mol. The molecule has 1 nitrogen and oxygen atoms in total. The molecule has 0 aromatic heterocycles. The minimum atomic E-state index is -0.177. The highest BCUT2D eigenvalue weighted by atomic mass is 35.5. The topological polar surface area (TPSA) is 19.9 Å². The summed E-state index contributed by atoms with van der Waals surface area (Å²) < 4.78 is 0. The molecule has 0 aliphatic carbocycles. The second kappa shape index (κ2) is 2.69. The molecule has 0 atom stereocenters. The van der Waals surface area contributed by atoms with E-state index in [1.54, 1.807) is 13.0 Å². The number of hydrogen-bond acceptors (Lipinski definition) is 0. The fourth-order valence-electron chi connectivity index (χ4n) is 0.637. The van der Waals surface area contributed by atoms with Crippen molar-refractivity contribution >= 4 is 23.2 Å². The number of rotatable bonds is 0. The summed E-state index contributed by atoms with van der Waals surface area (Å²) >= 11 is 11.2. The molecule has 1 aromatic carbocycles. The molecule has 0 N–H and O–H groups in total. The Morgan fingerprint density at radius 3 is 2.40 bits per heavy atom. The average molecular weight is 176 g/mol. The average Bonchev–Trinajstić information content (AvgIpc) is 1.93. The van der Waals surface area contributed by atoms with Crippen molar-refractivity contribution in [3.05, 3.63) is 27.7 Å². The highest BCUT2D eigenvalue weighted by molar-refractivity contribution is 6.36. The summed E-state index contributed by atoms with van der Waals surface area (Å²) in [5.74, 6) is -0.177. The van der Waals surface area contributed by atoms with Crippen molar-refractivity contribution < 1.29 is 5.11 Å². The third-order valence-electron chi connectivity index (χ3n) is 1.28. The van der Waals surface area contributed by atoms with Crippen LogP contribution < -0.4 is 0 Å². The van der Waals surface area contributed by atoms with Crippen LogP contribution >= 0.6 is 23.2 Å². The lowest BCUT2D eigenvalue weighted by molar-refractivity contribution is 0.355. The Balaban J connectivity index is 3.34. The molecule has 3 heteroatoms. The van der Waals surface area contributed by atoms with Gasteiger partial charge in [-0.15, -0.1) is 0 Å². The Labute approximate surface area is 69.2 Å². The van der Waals surface area contributed by atoms with E-state index in [1.165, 1.54) is 6.07 Å². The van der Waals surface area contributed by atoms with Gasteiger partial charge in [0.25, 0.3) is 0 Å². The molecule has 0 saturated heterocycles. The highest BCUT2D eigenvalue weighted by Gasteiger charge is 2.05. The minimum Gasteiger partial charge on any atom is -0.288 e. The van der Waals surface area contributed by atoms with Gasteiger partial charge in [-0.3, -0.25) is 5.11 Å². The van der Waals surface area contributed by atoms with Gasteiger partial charge in [0.05, 0.1) is 5.02 Å². The summed E-state index contributed by atoms with van der Waals surface area (Å²) in [5, 5.41) is 11.5. The van der Waals surface area contributed by atoms with Gasteiger partial charge in [-0.25, -0.2) is 0 Å². The van der Waals surface area contributed by atoms with E-state index in [-0.39, 0.29) is 10.8 Å². The van der Waals surface area contributed by atoms with Crippen LogP contribution in [0.3, 0.4) is 0 Å². The highest BCUT2D eigenvalue weighted by Crippen LogP contribution is 2.31. The Bertz CT molecular complexity index is 231. The van der Waals surface area contributed by atoms with E-state index in [1.807, 2.05) is 0 Å². The second-order valence-electron chi connectivity index (χ2n) is 1.98. The molecule has 0 bridgehead atoms. The van der Waals surface area contributed by atoms with Gasteiger partial charge < -0.3 is 0 Å².